The van der Waals surface area contributed by atoms with E-state index in [2.05, 4.69) is 30.9 Å². The van der Waals surface area contributed by atoms with Crippen LogP contribution in [0.2, 0.25) is 5.02 Å². The van der Waals surface area contributed by atoms with E-state index >= 15 is 0 Å². The molecule has 2 aliphatic heterocycles. The Morgan fingerprint density at radius 2 is 1.58 bits per heavy atom. The number of hydrogen-bond donors (Lipinski definition) is 0. The minimum absolute atomic E-state index is 0.117. The topological polar surface area (TPSA) is 74.8 Å². The molecule has 9 heteroatoms. The van der Waals surface area contributed by atoms with Crippen LogP contribution < -0.4 is 4.90 Å². The molecule has 0 aliphatic carbocycles. The van der Waals surface area contributed by atoms with Crippen molar-refractivity contribution in [2.24, 2.45) is 0 Å². The molecule has 0 bridgehead atoms. The lowest BCUT2D eigenvalue weighted by molar-refractivity contribution is 0.201. The third-order valence-electron chi connectivity index (χ3n) is 6.51. The van der Waals surface area contributed by atoms with E-state index in [1.165, 1.54) is 41.1 Å². The first-order valence-corrected chi connectivity index (χ1v) is 14.1. The second-order valence-electron chi connectivity index (χ2n) is 8.42. The van der Waals surface area contributed by atoms with Crippen LogP contribution in [0.1, 0.15) is 11.1 Å². The van der Waals surface area contributed by atoms with Gasteiger partial charge in [0, 0.05) is 42.9 Å². The molecule has 2 aromatic carbocycles. The van der Waals surface area contributed by atoms with E-state index in [4.69, 9.17) is 11.6 Å². The summed E-state index contributed by atoms with van der Waals surface area (Å²) in [5.74, 6) is -0.451. The number of anilines is 1. The summed E-state index contributed by atoms with van der Waals surface area (Å²) in [5, 5.41) is -0.525. The quantitative estimate of drug-likeness (QED) is 0.667. The molecule has 4 rings (SSSR count). The van der Waals surface area contributed by atoms with Gasteiger partial charge in [-0.05, 0) is 55.3 Å². The highest BCUT2D eigenvalue weighted by Crippen LogP contribution is 2.31. The number of rotatable bonds is 4. The van der Waals surface area contributed by atoms with Gasteiger partial charge in [-0.15, -0.1) is 0 Å². The highest BCUT2D eigenvalue weighted by atomic mass is 35.5. The van der Waals surface area contributed by atoms with Crippen LogP contribution in [0.15, 0.2) is 47.4 Å². The van der Waals surface area contributed by atoms with Gasteiger partial charge in [-0.2, -0.15) is 0 Å². The third kappa shape index (κ3) is 4.49. The lowest BCUT2D eigenvalue weighted by atomic mass is 10.1. The second-order valence-corrected chi connectivity index (χ2v) is 13.2. The van der Waals surface area contributed by atoms with Gasteiger partial charge in [0.1, 0.15) is 0 Å². The standard InChI is InChI=1S/C22H27ClN2O4S2/c1-16-4-3-5-20(17(16)2)24-10-12-25(13-11-24)21-14-30(26,27)15-22(21)31(28,29)19-8-6-18(23)7-9-19/h3-9,21-22H,10-15H2,1-2H3/t21-,22-/m0/s1. The fraction of sp³-hybridized carbons (Fsp3) is 0.455. The molecule has 2 aromatic rings. The molecule has 0 N–H and O–H groups in total. The number of nitrogens with zero attached hydrogens (tertiary/aromatic N) is 2. The summed E-state index contributed by atoms with van der Waals surface area (Å²) in [7, 11) is -7.23. The smallest absolute Gasteiger partial charge is 0.183 e. The molecule has 0 saturated carbocycles. The van der Waals surface area contributed by atoms with Crippen molar-refractivity contribution in [2.75, 3.05) is 42.6 Å². The zero-order chi connectivity index (χ0) is 22.4. The summed E-state index contributed by atoms with van der Waals surface area (Å²) in [6.07, 6.45) is 0. The van der Waals surface area contributed by atoms with Gasteiger partial charge in [0.2, 0.25) is 0 Å². The van der Waals surface area contributed by atoms with Crippen molar-refractivity contribution >= 4 is 37.0 Å². The maximum atomic E-state index is 13.3. The minimum Gasteiger partial charge on any atom is -0.369 e. The van der Waals surface area contributed by atoms with Crippen molar-refractivity contribution in [3.05, 3.63) is 58.6 Å². The highest BCUT2D eigenvalue weighted by Gasteiger charge is 2.48. The number of halogens is 1. The summed E-state index contributed by atoms with van der Waals surface area (Å²) in [6.45, 7) is 6.91. The highest BCUT2D eigenvalue weighted by molar-refractivity contribution is 7.96. The fourth-order valence-corrected chi connectivity index (χ4v) is 9.56. The monoisotopic (exact) mass is 482 g/mol. The Morgan fingerprint density at radius 3 is 2.23 bits per heavy atom. The Kier molecular flexibility index (Phi) is 6.11. The van der Waals surface area contributed by atoms with E-state index in [0.717, 1.165) is 13.1 Å². The van der Waals surface area contributed by atoms with Gasteiger partial charge in [0.25, 0.3) is 0 Å². The van der Waals surface area contributed by atoms with Gasteiger partial charge >= 0.3 is 0 Å². The Morgan fingerprint density at radius 1 is 0.935 bits per heavy atom. The largest absolute Gasteiger partial charge is 0.369 e. The maximum Gasteiger partial charge on any atom is 0.183 e. The molecule has 2 saturated heterocycles. The lowest BCUT2D eigenvalue weighted by Gasteiger charge is -2.40. The Balaban J connectivity index is 1.55. The Labute approximate surface area is 189 Å². The van der Waals surface area contributed by atoms with Crippen LogP contribution in [0.5, 0.6) is 0 Å². The summed E-state index contributed by atoms with van der Waals surface area (Å²) in [5.41, 5.74) is 3.66. The van der Waals surface area contributed by atoms with Crippen molar-refractivity contribution < 1.29 is 16.8 Å². The number of hydrogen-bond acceptors (Lipinski definition) is 6. The Bertz CT molecular complexity index is 1170. The van der Waals surface area contributed by atoms with Crippen molar-refractivity contribution in [1.29, 1.82) is 0 Å². The van der Waals surface area contributed by atoms with Crippen LogP contribution in [0.4, 0.5) is 5.69 Å². The first kappa shape index (κ1) is 22.6. The van der Waals surface area contributed by atoms with E-state index in [1.54, 1.807) is 0 Å². The van der Waals surface area contributed by atoms with Gasteiger partial charge in [-0.25, -0.2) is 16.8 Å². The molecule has 0 radical (unpaired) electrons. The van der Waals surface area contributed by atoms with Crippen LogP contribution in [0.25, 0.3) is 0 Å². The van der Waals surface area contributed by atoms with Crippen LogP contribution in [0, 0.1) is 13.8 Å². The summed E-state index contributed by atoms with van der Waals surface area (Å²) in [6, 6.07) is 11.7. The molecule has 0 unspecified atom stereocenters. The van der Waals surface area contributed by atoms with E-state index in [1.807, 2.05) is 11.0 Å². The van der Waals surface area contributed by atoms with Crippen LogP contribution in [-0.2, 0) is 19.7 Å². The molecular weight excluding hydrogens is 456 g/mol. The van der Waals surface area contributed by atoms with Gasteiger partial charge in [-0.3, -0.25) is 4.90 Å². The SMILES string of the molecule is Cc1cccc(N2CCN([C@H]3CS(=O)(=O)C[C@@H]3S(=O)(=O)c3ccc(Cl)cc3)CC2)c1C. The molecule has 168 valence electrons. The number of aryl methyl sites for hydroxylation is 1. The van der Waals surface area contributed by atoms with Crippen molar-refractivity contribution in [3.8, 4) is 0 Å². The predicted octanol–water partition coefficient (Wildman–Crippen LogP) is 2.72. The van der Waals surface area contributed by atoms with Crippen molar-refractivity contribution in [1.82, 2.24) is 4.90 Å². The molecule has 6 nitrogen and oxygen atoms in total. The second kappa shape index (κ2) is 8.39. The molecule has 2 heterocycles. The fourth-order valence-electron chi connectivity index (χ4n) is 4.61. The van der Waals surface area contributed by atoms with Gasteiger partial charge < -0.3 is 4.90 Å². The molecule has 2 atom stereocenters. The Hall–Kier alpha value is -1.61. The minimum atomic E-state index is -3.80. The first-order valence-electron chi connectivity index (χ1n) is 10.3. The summed E-state index contributed by atoms with van der Waals surface area (Å²) < 4.78 is 51.6. The third-order valence-corrected chi connectivity index (χ3v) is 10.9. The average Bonchev–Trinajstić information content (AvgIpc) is 3.07. The predicted molar refractivity (Wildman–Crippen MR) is 125 cm³/mol. The van der Waals surface area contributed by atoms with E-state index < -0.39 is 31.0 Å². The summed E-state index contributed by atoms with van der Waals surface area (Å²) >= 11 is 5.90. The zero-order valence-corrected chi connectivity index (χ0v) is 20.0. The van der Waals surface area contributed by atoms with Crippen LogP contribution in [0.3, 0.4) is 0 Å². The molecule has 31 heavy (non-hydrogen) atoms. The molecular formula is C22H27ClN2O4S2. The van der Waals surface area contributed by atoms with Gasteiger partial charge in [0.05, 0.1) is 21.7 Å². The van der Waals surface area contributed by atoms with Gasteiger partial charge in [0.15, 0.2) is 19.7 Å². The molecule has 0 spiro atoms. The van der Waals surface area contributed by atoms with E-state index in [0.29, 0.717) is 18.1 Å². The number of benzene rings is 2. The van der Waals surface area contributed by atoms with Crippen LogP contribution in [-0.4, -0.2) is 70.7 Å². The van der Waals surface area contributed by atoms with E-state index in [-0.39, 0.29) is 16.4 Å². The molecule has 0 amide bonds. The summed E-state index contributed by atoms with van der Waals surface area (Å²) in [4.78, 5) is 4.47. The van der Waals surface area contributed by atoms with Crippen LogP contribution >= 0.6 is 11.6 Å². The number of piperazine rings is 1. The lowest BCUT2D eigenvalue weighted by Crippen LogP contribution is -2.55. The first-order chi connectivity index (χ1) is 14.6. The normalized spacial score (nSPS) is 24.4. The molecule has 2 fully saturated rings. The average molecular weight is 483 g/mol. The zero-order valence-electron chi connectivity index (χ0n) is 17.7. The number of sulfone groups is 2. The van der Waals surface area contributed by atoms with E-state index in [9.17, 15) is 16.8 Å². The maximum absolute atomic E-state index is 13.3. The van der Waals surface area contributed by atoms with Crippen molar-refractivity contribution in [2.45, 2.75) is 30.0 Å². The molecule has 0 aromatic heterocycles. The van der Waals surface area contributed by atoms with Gasteiger partial charge in [-0.1, -0.05) is 23.7 Å². The molecule has 2 aliphatic rings. The van der Waals surface area contributed by atoms with Crippen molar-refractivity contribution in [3.63, 3.8) is 0 Å².